The summed E-state index contributed by atoms with van der Waals surface area (Å²) in [4.78, 5) is 0. The van der Waals surface area contributed by atoms with E-state index in [0.717, 1.165) is 73.1 Å². The van der Waals surface area contributed by atoms with Crippen molar-refractivity contribution in [3.8, 4) is 24.7 Å². The molecule has 50 heavy (non-hydrogen) atoms. The summed E-state index contributed by atoms with van der Waals surface area (Å²) in [6, 6.07) is 33.4. The molecule has 3 aromatic rings. The van der Waals surface area contributed by atoms with Gasteiger partial charge in [0.1, 0.15) is 0 Å². The van der Waals surface area contributed by atoms with E-state index in [1.807, 2.05) is 0 Å². The number of hydrogen-bond acceptors (Lipinski definition) is 2. The van der Waals surface area contributed by atoms with Crippen molar-refractivity contribution in [1.29, 1.82) is 0 Å². The predicted octanol–water partition coefficient (Wildman–Crippen LogP) is 12.1. The molecule has 2 nitrogen and oxygen atoms in total. The van der Waals surface area contributed by atoms with Gasteiger partial charge in [0.2, 0.25) is 0 Å². The van der Waals surface area contributed by atoms with Gasteiger partial charge < -0.3 is 8.85 Å². The Bertz CT molecular complexity index is 1400. The molecule has 0 aromatic heterocycles. The SMILES string of the molecule is C#Cc1ccc(CC(Cc2ccc(CC(Cc3ccc(C#C)cc3)C(C)(C)O[Si](CC)(CC)CC)cc2)C(C)(C)O[Si](CC)(CC)CC)cc1. The number of benzene rings is 3. The van der Waals surface area contributed by atoms with Gasteiger partial charge in [0.05, 0.1) is 11.2 Å². The molecule has 3 rings (SSSR count). The van der Waals surface area contributed by atoms with Crippen molar-refractivity contribution in [2.45, 2.75) is 142 Å². The minimum Gasteiger partial charge on any atom is -0.412 e. The molecule has 0 aliphatic rings. The van der Waals surface area contributed by atoms with Crippen LogP contribution in [0.5, 0.6) is 0 Å². The average Bonchev–Trinajstić information content (AvgIpc) is 3.13. The first-order valence-corrected chi connectivity index (χ1v) is 24.4. The smallest absolute Gasteiger partial charge is 0.192 e. The van der Waals surface area contributed by atoms with E-state index in [4.69, 9.17) is 21.7 Å². The van der Waals surface area contributed by atoms with Crippen molar-refractivity contribution in [3.05, 3.63) is 106 Å². The zero-order chi connectivity index (χ0) is 37.0. The first-order valence-electron chi connectivity index (χ1n) is 19.3. The normalized spacial score (nSPS) is 13.8. The molecule has 0 saturated heterocycles. The third-order valence-electron chi connectivity index (χ3n) is 12.0. The van der Waals surface area contributed by atoms with E-state index in [0.29, 0.717) is 11.8 Å². The van der Waals surface area contributed by atoms with Gasteiger partial charge in [0, 0.05) is 11.1 Å². The summed E-state index contributed by atoms with van der Waals surface area (Å²) in [7, 11) is -3.64. The lowest BCUT2D eigenvalue weighted by Crippen LogP contribution is -2.49. The molecule has 4 heteroatoms. The second-order valence-corrected chi connectivity index (χ2v) is 25.0. The van der Waals surface area contributed by atoms with Gasteiger partial charge in [-0.05, 0) is 148 Å². The van der Waals surface area contributed by atoms with Gasteiger partial charge in [-0.3, -0.25) is 0 Å². The molecule has 0 fully saturated rings. The Morgan fingerprint density at radius 3 is 0.880 bits per heavy atom. The van der Waals surface area contributed by atoms with Crippen LogP contribution in [0.3, 0.4) is 0 Å². The van der Waals surface area contributed by atoms with E-state index in [-0.39, 0.29) is 11.2 Å². The summed E-state index contributed by atoms with van der Waals surface area (Å²) < 4.78 is 14.5. The Balaban J connectivity index is 1.92. The van der Waals surface area contributed by atoms with Crippen LogP contribution in [-0.4, -0.2) is 27.8 Å². The molecular weight excluding hydrogens is 641 g/mol. The molecule has 0 aliphatic heterocycles. The summed E-state index contributed by atoms with van der Waals surface area (Å²) in [5.74, 6) is 6.17. The molecule has 0 bridgehead atoms. The lowest BCUT2D eigenvalue weighted by Gasteiger charge is -2.43. The molecule has 0 aliphatic carbocycles. The highest BCUT2D eigenvalue weighted by atomic mass is 28.4. The molecule has 2 atom stereocenters. The van der Waals surface area contributed by atoms with Crippen LogP contribution in [-0.2, 0) is 34.5 Å². The van der Waals surface area contributed by atoms with Crippen LogP contribution in [0.15, 0.2) is 72.8 Å². The fraction of sp³-hybridized carbons (Fsp3) is 0.522. The van der Waals surface area contributed by atoms with Gasteiger partial charge in [-0.2, -0.15) is 0 Å². The Morgan fingerprint density at radius 2 is 0.680 bits per heavy atom. The summed E-state index contributed by atoms with van der Waals surface area (Å²) in [5, 5.41) is 0. The zero-order valence-corrected chi connectivity index (χ0v) is 35.1. The summed E-state index contributed by atoms with van der Waals surface area (Å²) in [6.07, 6.45) is 15.2. The third kappa shape index (κ3) is 11.1. The van der Waals surface area contributed by atoms with Crippen LogP contribution >= 0.6 is 0 Å². The second-order valence-electron chi connectivity index (χ2n) is 15.6. The molecule has 0 radical (unpaired) electrons. The fourth-order valence-electron chi connectivity index (χ4n) is 7.77. The molecule has 0 spiro atoms. The lowest BCUT2D eigenvalue weighted by atomic mass is 9.79. The maximum atomic E-state index is 7.26. The summed E-state index contributed by atoms with van der Waals surface area (Å²) >= 11 is 0. The molecule has 0 amide bonds. The van der Waals surface area contributed by atoms with E-state index in [2.05, 4.69) is 154 Å². The maximum absolute atomic E-state index is 7.26. The second kappa shape index (κ2) is 18.6. The molecule has 3 aromatic carbocycles. The van der Waals surface area contributed by atoms with Gasteiger partial charge in [0.15, 0.2) is 16.6 Å². The highest BCUT2D eigenvalue weighted by molar-refractivity contribution is 6.74. The van der Waals surface area contributed by atoms with E-state index in [9.17, 15) is 0 Å². The standard InChI is InChI=1S/C46H66O2Si2/c1-13-37-21-25-39(26-22-37)33-43(45(9,10)47-49(15-3,16-4)17-5)35-41-29-31-42(32-30-41)36-44(34-40-27-23-38(14-2)24-28-40)46(11,12)48-50(18-6,19-7)20-8/h1-2,21-32,43-44H,15-20,33-36H2,3-12H3. The van der Waals surface area contributed by atoms with Gasteiger partial charge in [-0.15, -0.1) is 12.8 Å². The third-order valence-corrected chi connectivity index (χ3v) is 21.6. The lowest BCUT2D eigenvalue weighted by molar-refractivity contribution is 0.0309. The van der Waals surface area contributed by atoms with Gasteiger partial charge in [-0.1, -0.05) is 102 Å². The van der Waals surface area contributed by atoms with E-state index in [1.54, 1.807) is 0 Å². The van der Waals surface area contributed by atoms with Crippen molar-refractivity contribution in [2.75, 3.05) is 0 Å². The Kier molecular flexibility index (Phi) is 15.4. The van der Waals surface area contributed by atoms with Crippen molar-refractivity contribution in [3.63, 3.8) is 0 Å². The minimum atomic E-state index is -1.82. The first kappa shape index (κ1) is 41.6. The van der Waals surface area contributed by atoms with Gasteiger partial charge >= 0.3 is 0 Å². The summed E-state index contributed by atoms with van der Waals surface area (Å²) in [5.41, 5.74) is 6.68. The molecular formula is C46H66O2Si2. The largest absolute Gasteiger partial charge is 0.412 e. The van der Waals surface area contributed by atoms with Crippen LogP contribution in [0.1, 0.15) is 103 Å². The van der Waals surface area contributed by atoms with E-state index >= 15 is 0 Å². The van der Waals surface area contributed by atoms with E-state index in [1.165, 1.54) is 22.3 Å². The number of terminal acetylenes is 2. The molecule has 270 valence electrons. The number of hydrogen-bond donors (Lipinski definition) is 0. The van der Waals surface area contributed by atoms with Gasteiger partial charge in [-0.25, -0.2) is 0 Å². The molecule has 0 saturated carbocycles. The van der Waals surface area contributed by atoms with Crippen LogP contribution in [0, 0.1) is 36.5 Å². The monoisotopic (exact) mass is 706 g/mol. The number of rotatable bonds is 20. The van der Waals surface area contributed by atoms with Crippen LogP contribution in [0.2, 0.25) is 36.3 Å². The topological polar surface area (TPSA) is 18.5 Å². The first-order chi connectivity index (χ1) is 23.8. The Labute approximate surface area is 309 Å². The Morgan fingerprint density at radius 1 is 0.460 bits per heavy atom. The summed E-state index contributed by atoms with van der Waals surface area (Å²) in [6.45, 7) is 23.3. The highest BCUT2D eigenvalue weighted by Crippen LogP contribution is 2.37. The highest BCUT2D eigenvalue weighted by Gasteiger charge is 2.41. The molecule has 2 unspecified atom stereocenters. The van der Waals surface area contributed by atoms with E-state index < -0.39 is 16.6 Å². The van der Waals surface area contributed by atoms with Crippen LogP contribution < -0.4 is 0 Å². The quantitative estimate of drug-likeness (QED) is 0.0860. The van der Waals surface area contributed by atoms with Crippen LogP contribution in [0.4, 0.5) is 0 Å². The van der Waals surface area contributed by atoms with Gasteiger partial charge in [0.25, 0.3) is 0 Å². The predicted molar refractivity (Wildman–Crippen MR) is 222 cm³/mol. The van der Waals surface area contributed by atoms with Crippen molar-refractivity contribution in [1.82, 2.24) is 0 Å². The van der Waals surface area contributed by atoms with Crippen molar-refractivity contribution < 1.29 is 8.85 Å². The zero-order valence-electron chi connectivity index (χ0n) is 33.1. The van der Waals surface area contributed by atoms with Crippen LogP contribution in [0.25, 0.3) is 0 Å². The molecule has 0 N–H and O–H groups in total. The fourth-order valence-corrected chi connectivity index (χ4v) is 14.2. The molecule has 0 heterocycles. The minimum absolute atomic E-state index is 0.257. The van der Waals surface area contributed by atoms with Crippen molar-refractivity contribution >= 4 is 16.6 Å². The Hall–Kier alpha value is -2.87. The van der Waals surface area contributed by atoms with Crippen molar-refractivity contribution in [2.24, 2.45) is 11.8 Å². The maximum Gasteiger partial charge on any atom is 0.192 e. The average molecular weight is 707 g/mol.